The minimum atomic E-state index is -0.869. The highest BCUT2D eigenvalue weighted by molar-refractivity contribution is 5.81. The summed E-state index contributed by atoms with van der Waals surface area (Å²) in [6, 6.07) is 1.38. The van der Waals surface area contributed by atoms with Gasteiger partial charge in [-0.25, -0.2) is 0 Å². The molecule has 0 aromatic carbocycles. The van der Waals surface area contributed by atoms with Crippen LogP contribution in [0.4, 0.5) is 0 Å². The Morgan fingerprint density at radius 1 is 1.40 bits per heavy atom. The zero-order valence-electron chi connectivity index (χ0n) is 14.4. The highest BCUT2D eigenvalue weighted by Gasteiger charge is 2.41. The lowest BCUT2D eigenvalue weighted by molar-refractivity contribution is -0.152. The minimum Gasteiger partial charge on any atom is -0.481 e. The van der Waals surface area contributed by atoms with Crippen molar-refractivity contribution >= 4 is 11.9 Å². The summed E-state index contributed by atoms with van der Waals surface area (Å²) in [5, 5.41) is 18.0. The Morgan fingerprint density at radius 3 is 2.80 bits per heavy atom. The Morgan fingerprint density at radius 2 is 2.20 bits per heavy atom. The Kier molecular flexibility index (Phi) is 4.87. The quantitative estimate of drug-likeness (QED) is 0.852. The number of hydrogen-bond acceptors (Lipinski definition) is 4. The van der Waals surface area contributed by atoms with Gasteiger partial charge in [-0.3, -0.25) is 19.0 Å². The standard InChI is InChI=1S/C17H23N5O3/c1-12(9-21-7-3-6-18-21)10-22-15(23)5-4-14(17(24)25)16(22)13-8-19-20(2)11-13/h3,6-8,11-12,14,16H,4-5,9-10H2,1-2H3,(H,24,25)/t12-,14+,16+/m0/s1. The molecule has 0 unspecified atom stereocenters. The van der Waals surface area contributed by atoms with Crippen molar-refractivity contribution in [3.05, 3.63) is 36.4 Å². The Balaban J connectivity index is 1.83. The van der Waals surface area contributed by atoms with E-state index in [1.807, 2.05) is 23.9 Å². The molecule has 0 aliphatic carbocycles. The van der Waals surface area contributed by atoms with Crippen molar-refractivity contribution < 1.29 is 14.7 Å². The van der Waals surface area contributed by atoms with E-state index in [9.17, 15) is 14.7 Å². The number of rotatable bonds is 6. The number of carboxylic acids is 1. The number of carbonyl (C=O) groups is 2. The number of aryl methyl sites for hydroxylation is 1. The molecule has 1 amide bonds. The van der Waals surface area contributed by atoms with Gasteiger partial charge in [-0.2, -0.15) is 10.2 Å². The molecule has 3 atom stereocenters. The SMILES string of the molecule is C[C@H](CN1C(=O)CC[C@@H](C(=O)O)[C@H]1c1cnn(C)c1)Cn1cccn1. The molecule has 25 heavy (non-hydrogen) atoms. The summed E-state index contributed by atoms with van der Waals surface area (Å²) < 4.78 is 3.46. The second kappa shape index (κ2) is 7.08. The smallest absolute Gasteiger partial charge is 0.308 e. The first kappa shape index (κ1) is 17.2. The summed E-state index contributed by atoms with van der Waals surface area (Å²) in [4.78, 5) is 26.0. The van der Waals surface area contributed by atoms with E-state index in [0.29, 0.717) is 19.5 Å². The average Bonchev–Trinajstić information content (AvgIpc) is 3.20. The van der Waals surface area contributed by atoms with Crippen LogP contribution in [-0.4, -0.2) is 48.0 Å². The lowest BCUT2D eigenvalue weighted by Crippen LogP contribution is -2.47. The first-order chi connectivity index (χ1) is 12.0. The van der Waals surface area contributed by atoms with Gasteiger partial charge in [0, 0.05) is 50.7 Å². The highest BCUT2D eigenvalue weighted by atomic mass is 16.4. The minimum absolute atomic E-state index is 0.00123. The van der Waals surface area contributed by atoms with Crippen molar-refractivity contribution in [2.45, 2.75) is 32.4 Å². The van der Waals surface area contributed by atoms with E-state index in [1.54, 1.807) is 35.2 Å². The number of likely N-dealkylation sites (tertiary alicyclic amines) is 1. The molecule has 2 aromatic heterocycles. The molecule has 1 fully saturated rings. The van der Waals surface area contributed by atoms with Crippen LogP contribution in [0.1, 0.15) is 31.4 Å². The molecule has 0 spiro atoms. The first-order valence-electron chi connectivity index (χ1n) is 8.44. The van der Waals surface area contributed by atoms with Crippen LogP contribution in [0.25, 0.3) is 0 Å². The van der Waals surface area contributed by atoms with Crippen LogP contribution in [0.3, 0.4) is 0 Å². The third kappa shape index (κ3) is 3.72. The lowest BCUT2D eigenvalue weighted by Gasteiger charge is -2.40. The average molecular weight is 345 g/mol. The summed E-state index contributed by atoms with van der Waals surface area (Å²) in [5.74, 6) is -1.33. The number of aliphatic carboxylic acids is 1. The predicted molar refractivity (Wildman–Crippen MR) is 89.4 cm³/mol. The van der Waals surface area contributed by atoms with Crippen LogP contribution >= 0.6 is 0 Å². The number of aromatic nitrogens is 4. The molecule has 1 aliphatic rings. The first-order valence-corrected chi connectivity index (χ1v) is 8.44. The monoisotopic (exact) mass is 345 g/mol. The van der Waals surface area contributed by atoms with Gasteiger partial charge in [0.25, 0.3) is 0 Å². The molecule has 0 saturated carbocycles. The molecule has 2 aromatic rings. The van der Waals surface area contributed by atoms with Crippen molar-refractivity contribution in [1.29, 1.82) is 0 Å². The van der Waals surface area contributed by atoms with E-state index in [1.165, 1.54) is 0 Å². The molecule has 1 aliphatic heterocycles. The third-order valence-corrected chi connectivity index (χ3v) is 4.66. The van der Waals surface area contributed by atoms with Gasteiger partial charge in [0.05, 0.1) is 18.2 Å². The lowest BCUT2D eigenvalue weighted by atomic mass is 9.85. The second-order valence-electron chi connectivity index (χ2n) is 6.75. The number of carbonyl (C=O) groups excluding carboxylic acids is 1. The van der Waals surface area contributed by atoms with E-state index in [4.69, 9.17) is 0 Å². The van der Waals surface area contributed by atoms with Crippen molar-refractivity contribution in [1.82, 2.24) is 24.5 Å². The maximum absolute atomic E-state index is 12.6. The molecule has 134 valence electrons. The van der Waals surface area contributed by atoms with E-state index in [2.05, 4.69) is 10.2 Å². The van der Waals surface area contributed by atoms with Crippen molar-refractivity contribution in [3.63, 3.8) is 0 Å². The zero-order chi connectivity index (χ0) is 18.0. The van der Waals surface area contributed by atoms with Gasteiger partial charge in [-0.15, -0.1) is 0 Å². The van der Waals surface area contributed by atoms with Crippen LogP contribution in [0, 0.1) is 11.8 Å². The van der Waals surface area contributed by atoms with Gasteiger partial charge in [0.15, 0.2) is 0 Å². The molecular formula is C17H23N5O3. The fraction of sp³-hybridized carbons (Fsp3) is 0.529. The highest BCUT2D eigenvalue weighted by Crippen LogP contribution is 2.37. The van der Waals surface area contributed by atoms with Gasteiger partial charge >= 0.3 is 5.97 Å². The van der Waals surface area contributed by atoms with E-state index in [-0.39, 0.29) is 18.2 Å². The molecule has 3 heterocycles. The number of nitrogens with zero attached hydrogens (tertiary/aromatic N) is 5. The van der Waals surface area contributed by atoms with Gasteiger partial charge in [0.1, 0.15) is 0 Å². The fourth-order valence-electron chi connectivity index (χ4n) is 3.55. The van der Waals surface area contributed by atoms with Crippen LogP contribution < -0.4 is 0 Å². The zero-order valence-corrected chi connectivity index (χ0v) is 14.4. The molecule has 8 heteroatoms. The molecule has 1 N–H and O–H groups in total. The maximum atomic E-state index is 12.6. The summed E-state index contributed by atoms with van der Waals surface area (Å²) >= 11 is 0. The van der Waals surface area contributed by atoms with Crippen molar-refractivity contribution in [2.24, 2.45) is 18.9 Å². The normalized spacial score (nSPS) is 22.2. The van der Waals surface area contributed by atoms with Crippen LogP contribution in [0.2, 0.25) is 0 Å². The van der Waals surface area contributed by atoms with E-state index >= 15 is 0 Å². The summed E-state index contributed by atoms with van der Waals surface area (Å²) in [7, 11) is 1.79. The third-order valence-electron chi connectivity index (χ3n) is 4.66. The van der Waals surface area contributed by atoms with Crippen LogP contribution in [0.15, 0.2) is 30.9 Å². The van der Waals surface area contributed by atoms with Gasteiger partial charge in [0.2, 0.25) is 5.91 Å². The van der Waals surface area contributed by atoms with E-state index < -0.39 is 17.9 Å². The Bertz CT molecular complexity index is 739. The number of amides is 1. The van der Waals surface area contributed by atoms with Crippen molar-refractivity contribution in [2.75, 3.05) is 6.54 Å². The van der Waals surface area contributed by atoms with Crippen molar-refractivity contribution in [3.8, 4) is 0 Å². The topological polar surface area (TPSA) is 93.3 Å². The molecule has 0 radical (unpaired) electrons. The maximum Gasteiger partial charge on any atom is 0.308 e. The van der Waals surface area contributed by atoms with Crippen LogP contribution in [0.5, 0.6) is 0 Å². The molecule has 1 saturated heterocycles. The molecule has 0 bridgehead atoms. The van der Waals surface area contributed by atoms with Gasteiger partial charge in [-0.1, -0.05) is 6.92 Å². The molecule has 3 rings (SSSR count). The second-order valence-corrected chi connectivity index (χ2v) is 6.75. The van der Waals surface area contributed by atoms with E-state index in [0.717, 1.165) is 5.56 Å². The largest absolute Gasteiger partial charge is 0.481 e. The Hall–Kier alpha value is -2.64. The number of carboxylic acid groups (broad SMARTS) is 1. The van der Waals surface area contributed by atoms with Gasteiger partial charge in [-0.05, 0) is 18.4 Å². The van der Waals surface area contributed by atoms with Crippen LogP contribution in [-0.2, 0) is 23.2 Å². The summed E-state index contributed by atoms with van der Waals surface area (Å²) in [5.41, 5.74) is 0.772. The molecular weight excluding hydrogens is 322 g/mol. The summed E-state index contributed by atoms with van der Waals surface area (Å²) in [6.45, 7) is 3.20. The Labute approximate surface area is 146 Å². The van der Waals surface area contributed by atoms with Gasteiger partial charge < -0.3 is 10.0 Å². The fourth-order valence-corrected chi connectivity index (χ4v) is 3.55. The number of piperidine rings is 1. The summed E-state index contributed by atoms with van der Waals surface area (Å²) in [6.07, 6.45) is 7.68. The predicted octanol–water partition coefficient (Wildman–Crippen LogP) is 1.32. The number of hydrogen-bond donors (Lipinski definition) is 1. The molecule has 8 nitrogen and oxygen atoms in total.